The second kappa shape index (κ2) is 5.97. The lowest BCUT2D eigenvalue weighted by atomic mass is 10.2. The average Bonchev–Trinajstić information content (AvgIpc) is 2.36. The van der Waals surface area contributed by atoms with Crippen molar-refractivity contribution in [1.29, 1.82) is 0 Å². The van der Waals surface area contributed by atoms with Gasteiger partial charge in [-0.05, 0) is 19.1 Å². The number of hydrogen-bond donors (Lipinski definition) is 0. The molecule has 0 aliphatic heterocycles. The molecule has 5 heteroatoms. The van der Waals surface area contributed by atoms with E-state index in [4.69, 9.17) is 9.15 Å². The molecule has 1 heterocycles. The second-order valence-electron chi connectivity index (χ2n) is 4.00. The average molecular weight is 274 g/mol. The minimum atomic E-state index is -0.710. The molecule has 102 valence electrons. The van der Waals surface area contributed by atoms with E-state index >= 15 is 0 Å². The fraction of sp³-hybridized carbons (Fsp3) is 0.0667. The van der Waals surface area contributed by atoms with Crippen molar-refractivity contribution in [3.8, 4) is 5.75 Å². The number of benzene rings is 1. The molecule has 2 rings (SSSR count). The van der Waals surface area contributed by atoms with Crippen molar-refractivity contribution in [1.82, 2.24) is 0 Å². The van der Waals surface area contributed by atoms with E-state index in [0.717, 1.165) is 12.1 Å². The molecule has 0 bridgehead atoms. The van der Waals surface area contributed by atoms with Gasteiger partial charge in [-0.1, -0.05) is 18.2 Å². The van der Waals surface area contributed by atoms with Gasteiger partial charge in [0.25, 0.3) is 0 Å². The van der Waals surface area contributed by atoms with E-state index in [1.165, 1.54) is 24.3 Å². The highest BCUT2D eigenvalue weighted by atomic mass is 19.1. The summed E-state index contributed by atoms with van der Waals surface area (Å²) in [5.41, 5.74) is -0.334. The van der Waals surface area contributed by atoms with Gasteiger partial charge in [0, 0.05) is 17.7 Å². The number of aryl methyl sites for hydroxylation is 1. The molecule has 4 nitrogen and oxygen atoms in total. The molecule has 0 atom stereocenters. The Labute approximate surface area is 114 Å². The number of halogens is 1. The SMILES string of the molecule is Cc1cc(OC(=O)/C=C/c2ccccc2F)cc(=O)o1. The summed E-state index contributed by atoms with van der Waals surface area (Å²) in [5.74, 6) is -0.730. The molecular weight excluding hydrogens is 263 g/mol. The van der Waals surface area contributed by atoms with Gasteiger partial charge < -0.3 is 9.15 Å². The fourth-order valence-corrected chi connectivity index (χ4v) is 1.55. The van der Waals surface area contributed by atoms with Crippen molar-refractivity contribution in [3.05, 3.63) is 70.0 Å². The van der Waals surface area contributed by atoms with E-state index in [9.17, 15) is 14.0 Å². The van der Waals surface area contributed by atoms with Crippen LogP contribution in [0.3, 0.4) is 0 Å². The van der Waals surface area contributed by atoms with Crippen LogP contribution in [0.1, 0.15) is 11.3 Å². The number of carbonyl (C=O) groups is 1. The fourth-order valence-electron chi connectivity index (χ4n) is 1.55. The third-order valence-corrected chi connectivity index (χ3v) is 2.39. The maximum atomic E-state index is 13.3. The maximum Gasteiger partial charge on any atom is 0.339 e. The molecule has 2 aromatic rings. The molecule has 0 radical (unpaired) electrons. The van der Waals surface area contributed by atoms with E-state index in [-0.39, 0.29) is 11.3 Å². The molecule has 0 saturated heterocycles. The first-order valence-electron chi connectivity index (χ1n) is 5.81. The summed E-state index contributed by atoms with van der Waals surface area (Å²) in [6, 6.07) is 8.49. The topological polar surface area (TPSA) is 56.5 Å². The van der Waals surface area contributed by atoms with Crippen LogP contribution in [0.4, 0.5) is 4.39 Å². The standard InChI is InChI=1S/C15H11FO4/c1-10-8-12(9-15(18)19-10)20-14(17)7-6-11-4-2-3-5-13(11)16/h2-9H,1H3/b7-6+. The first-order chi connectivity index (χ1) is 9.54. The Bertz CT molecular complexity index is 716. The predicted octanol–water partition coefficient (Wildman–Crippen LogP) is 2.71. The Morgan fingerprint density at radius 2 is 2.05 bits per heavy atom. The van der Waals surface area contributed by atoms with E-state index in [2.05, 4.69) is 0 Å². The van der Waals surface area contributed by atoms with Crippen LogP contribution in [0.15, 0.2) is 51.7 Å². The summed E-state index contributed by atoms with van der Waals surface area (Å²) in [4.78, 5) is 22.6. The van der Waals surface area contributed by atoms with Crippen LogP contribution < -0.4 is 10.4 Å². The summed E-state index contributed by atoms with van der Waals surface area (Å²) in [6.07, 6.45) is 2.39. The number of ether oxygens (including phenoxy) is 1. The molecule has 1 aromatic carbocycles. The van der Waals surface area contributed by atoms with E-state index in [1.807, 2.05) is 0 Å². The van der Waals surface area contributed by atoms with Gasteiger partial charge in [-0.3, -0.25) is 0 Å². The molecule has 1 aromatic heterocycles. The molecule has 0 aliphatic carbocycles. The van der Waals surface area contributed by atoms with E-state index in [0.29, 0.717) is 5.76 Å². The third-order valence-electron chi connectivity index (χ3n) is 2.39. The highest BCUT2D eigenvalue weighted by Gasteiger charge is 2.04. The number of hydrogen-bond acceptors (Lipinski definition) is 4. The molecule has 0 spiro atoms. The maximum absolute atomic E-state index is 13.3. The summed E-state index contributed by atoms with van der Waals surface area (Å²) < 4.78 is 23.0. The van der Waals surface area contributed by atoms with Crippen LogP contribution >= 0.6 is 0 Å². The van der Waals surface area contributed by atoms with Crippen LogP contribution in [-0.2, 0) is 4.79 Å². The summed E-state index contributed by atoms with van der Waals surface area (Å²) in [5, 5.41) is 0. The predicted molar refractivity (Wildman–Crippen MR) is 70.8 cm³/mol. The number of esters is 1. The van der Waals surface area contributed by atoms with Gasteiger partial charge in [0.2, 0.25) is 0 Å². The zero-order valence-corrected chi connectivity index (χ0v) is 10.6. The normalized spacial score (nSPS) is 10.7. The summed E-state index contributed by atoms with van der Waals surface area (Å²) in [7, 11) is 0. The quantitative estimate of drug-likeness (QED) is 0.638. The Hall–Kier alpha value is -2.69. The zero-order valence-electron chi connectivity index (χ0n) is 10.6. The third kappa shape index (κ3) is 3.65. The molecule has 0 saturated carbocycles. The minimum Gasteiger partial charge on any atom is -0.428 e. The zero-order chi connectivity index (χ0) is 14.5. The Morgan fingerprint density at radius 3 is 2.75 bits per heavy atom. The Kier molecular flexibility index (Phi) is 4.10. The van der Waals surface area contributed by atoms with Crippen molar-refractivity contribution < 1.29 is 18.3 Å². The van der Waals surface area contributed by atoms with Crippen molar-refractivity contribution in [2.75, 3.05) is 0 Å². The Morgan fingerprint density at radius 1 is 1.30 bits per heavy atom. The van der Waals surface area contributed by atoms with Crippen molar-refractivity contribution in [3.63, 3.8) is 0 Å². The summed E-state index contributed by atoms with van der Waals surface area (Å²) >= 11 is 0. The van der Waals surface area contributed by atoms with Gasteiger partial charge in [0.15, 0.2) is 0 Å². The van der Waals surface area contributed by atoms with Crippen LogP contribution in [0, 0.1) is 12.7 Å². The van der Waals surface area contributed by atoms with Gasteiger partial charge in [0.05, 0.1) is 6.07 Å². The van der Waals surface area contributed by atoms with E-state index < -0.39 is 17.4 Å². The van der Waals surface area contributed by atoms with Gasteiger partial charge in [-0.15, -0.1) is 0 Å². The lowest BCUT2D eigenvalue weighted by Crippen LogP contribution is -2.07. The van der Waals surface area contributed by atoms with Crippen LogP contribution in [0.5, 0.6) is 5.75 Å². The number of rotatable bonds is 3. The van der Waals surface area contributed by atoms with Gasteiger partial charge in [-0.25, -0.2) is 14.0 Å². The van der Waals surface area contributed by atoms with Crippen LogP contribution in [-0.4, -0.2) is 5.97 Å². The largest absolute Gasteiger partial charge is 0.428 e. The second-order valence-corrected chi connectivity index (χ2v) is 4.00. The smallest absolute Gasteiger partial charge is 0.339 e. The van der Waals surface area contributed by atoms with Crippen molar-refractivity contribution in [2.45, 2.75) is 6.92 Å². The molecule has 0 amide bonds. The Balaban J connectivity index is 2.09. The minimum absolute atomic E-state index is 0.0851. The highest BCUT2D eigenvalue weighted by Crippen LogP contribution is 2.11. The molecule has 0 N–H and O–H groups in total. The van der Waals surface area contributed by atoms with Gasteiger partial charge in [0.1, 0.15) is 17.3 Å². The molecule has 0 unspecified atom stereocenters. The highest BCUT2D eigenvalue weighted by molar-refractivity contribution is 5.88. The molecular formula is C15H11FO4. The molecule has 0 fully saturated rings. The first-order valence-corrected chi connectivity index (χ1v) is 5.81. The molecule has 0 aliphatic rings. The van der Waals surface area contributed by atoms with Crippen LogP contribution in [0.2, 0.25) is 0 Å². The number of carbonyl (C=O) groups excluding carboxylic acids is 1. The summed E-state index contributed by atoms with van der Waals surface area (Å²) in [6.45, 7) is 1.56. The van der Waals surface area contributed by atoms with Gasteiger partial charge >= 0.3 is 11.6 Å². The van der Waals surface area contributed by atoms with Gasteiger partial charge in [-0.2, -0.15) is 0 Å². The van der Waals surface area contributed by atoms with Crippen molar-refractivity contribution in [2.24, 2.45) is 0 Å². The van der Waals surface area contributed by atoms with Crippen molar-refractivity contribution >= 4 is 12.0 Å². The van der Waals surface area contributed by atoms with E-state index in [1.54, 1.807) is 19.1 Å². The lowest BCUT2D eigenvalue weighted by Gasteiger charge is -2.01. The van der Waals surface area contributed by atoms with Crippen LogP contribution in [0.25, 0.3) is 6.08 Å². The monoisotopic (exact) mass is 274 g/mol. The lowest BCUT2D eigenvalue weighted by molar-refractivity contribution is -0.128. The first kappa shape index (κ1) is 13.7. The molecule has 20 heavy (non-hydrogen) atoms.